The minimum atomic E-state index is -0.956. The van der Waals surface area contributed by atoms with Crippen LogP contribution in [0.3, 0.4) is 0 Å². The maximum atomic E-state index is 10.4. The van der Waals surface area contributed by atoms with Crippen molar-refractivity contribution in [2.75, 3.05) is 11.9 Å². The van der Waals surface area contributed by atoms with Gasteiger partial charge in [0.15, 0.2) is 0 Å². The van der Waals surface area contributed by atoms with Crippen molar-refractivity contribution in [3.63, 3.8) is 0 Å². The lowest BCUT2D eigenvalue weighted by Gasteiger charge is -2.04. The lowest BCUT2D eigenvalue weighted by molar-refractivity contribution is -0.134. The topological polar surface area (TPSA) is 88.0 Å². The average molecular weight is 230 g/mol. The van der Waals surface area contributed by atoms with Crippen LogP contribution in [0.1, 0.15) is 0 Å². The standard InChI is InChI=1S/C11H10N4O2/c16-10(17)7-14-11-13-6-3-9(15-11)8-1-4-12-5-2-8/h1-6H,7H2,(H,16,17)(H,13,14,15). The number of rotatable bonds is 4. The van der Waals surface area contributed by atoms with Crippen LogP contribution in [0.25, 0.3) is 11.3 Å². The molecule has 0 saturated carbocycles. The van der Waals surface area contributed by atoms with E-state index in [9.17, 15) is 4.79 Å². The Morgan fingerprint density at radius 2 is 2.00 bits per heavy atom. The zero-order chi connectivity index (χ0) is 12.1. The molecule has 0 aliphatic carbocycles. The Kier molecular flexibility index (Phi) is 3.25. The van der Waals surface area contributed by atoms with Crippen molar-refractivity contribution in [3.8, 4) is 11.3 Å². The number of pyridine rings is 1. The van der Waals surface area contributed by atoms with E-state index >= 15 is 0 Å². The highest BCUT2D eigenvalue weighted by Gasteiger charge is 2.03. The van der Waals surface area contributed by atoms with Gasteiger partial charge in [0, 0.05) is 24.2 Å². The minimum absolute atomic E-state index is 0.209. The number of aromatic nitrogens is 3. The number of nitrogens with zero attached hydrogens (tertiary/aromatic N) is 3. The Morgan fingerprint density at radius 1 is 1.24 bits per heavy atom. The highest BCUT2D eigenvalue weighted by Crippen LogP contribution is 2.15. The Labute approximate surface area is 97.4 Å². The van der Waals surface area contributed by atoms with Gasteiger partial charge in [-0.2, -0.15) is 0 Å². The third-order valence-corrected chi connectivity index (χ3v) is 2.03. The molecular formula is C11H10N4O2. The summed E-state index contributed by atoms with van der Waals surface area (Å²) >= 11 is 0. The molecular weight excluding hydrogens is 220 g/mol. The highest BCUT2D eigenvalue weighted by molar-refractivity contribution is 5.72. The Bertz CT molecular complexity index is 516. The molecule has 0 spiro atoms. The first-order valence-corrected chi connectivity index (χ1v) is 4.95. The number of aliphatic carboxylic acids is 1. The monoisotopic (exact) mass is 230 g/mol. The van der Waals surface area contributed by atoms with E-state index in [-0.39, 0.29) is 6.54 Å². The van der Waals surface area contributed by atoms with E-state index in [2.05, 4.69) is 20.3 Å². The molecule has 2 aromatic heterocycles. The quantitative estimate of drug-likeness (QED) is 0.815. The molecule has 0 saturated heterocycles. The molecule has 0 radical (unpaired) electrons. The first kappa shape index (κ1) is 11.0. The Morgan fingerprint density at radius 3 is 2.71 bits per heavy atom. The highest BCUT2D eigenvalue weighted by atomic mass is 16.4. The Balaban J connectivity index is 2.20. The van der Waals surface area contributed by atoms with Crippen molar-refractivity contribution in [3.05, 3.63) is 36.8 Å². The van der Waals surface area contributed by atoms with E-state index in [1.165, 1.54) is 0 Å². The molecule has 6 nitrogen and oxygen atoms in total. The third-order valence-electron chi connectivity index (χ3n) is 2.03. The predicted molar refractivity (Wildman–Crippen MR) is 61.4 cm³/mol. The van der Waals surface area contributed by atoms with Crippen molar-refractivity contribution in [2.24, 2.45) is 0 Å². The minimum Gasteiger partial charge on any atom is -0.480 e. The number of hydrogen-bond donors (Lipinski definition) is 2. The number of carboxylic acid groups (broad SMARTS) is 1. The van der Waals surface area contributed by atoms with E-state index < -0.39 is 5.97 Å². The van der Waals surface area contributed by atoms with Crippen LogP contribution < -0.4 is 5.32 Å². The van der Waals surface area contributed by atoms with Gasteiger partial charge in [-0.1, -0.05) is 0 Å². The van der Waals surface area contributed by atoms with Gasteiger partial charge in [-0.15, -0.1) is 0 Å². The fourth-order valence-electron chi connectivity index (χ4n) is 1.28. The van der Waals surface area contributed by atoms with Gasteiger partial charge in [0.1, 0.15) is 6.54 Å². The van der Waals surface area contributed by atoms with Crippen LogP contribution in [-0.2, 0) is 4.79 Å². The molecule has 6 heteroatoms. The average Bonchev–Trinajstić information content (AvgIpc) is 2.38. The molecule has 0 aliphatic heterocycles. The van der Waals surface area contributed by atoms with Crippen LogP contribution in [-0.4, -0.2) is 32.6 Å². The molecule has 0 fully saturated rings. The maximum Gasteiger partial charge on any atom is 0.322 e. The van der Waals surface area contributed by atoms with Gasteiger partial charge in [0.25, 0.3) is 0 Å². The first-order valence-electron chi connectivity index (χ1n) is 4.95. The second kappa shape index (κ2) is 5.02. The van der Waals surface area contributed by atoms with Crippen LogP contribution in [0, 0.1) is 0 Å². The molecule has 0 atom stereocenters. The number of carbonyl (C=O) groups is 1. The zero-order valence-electron chi connectivity index (χ0n) is 8.87. The summed E-state index contributed by atoms with van der Waals surface area (Å²) in [6, 6.07) is 5.40. The van der Waals surface area contributed by atoms with Crippen molar-refractivity contribution < 1.29 is 9.90 Å². The Hall–Kier alpha value is -2.50. The summed E-state index contributed by atoms with van der Waals surface area (Å²) in [5.41, 5.74) is 1.62. The summed E-state index contributed by atoms with van der Waals surface area (Å²) in [6.45, 7) is -0.209. The SMILES string of the molecule is O=C(O)CNc1nccc(-c2ccncc2)n1. The number of nitrogens with one attached hydrogen (secondary N) is 1. The molecule has 2 rings (SSSR count). The van der Waals surface area contributed by atoms with Gasteiger partial charge in [0.05, 0.1) is 5.69 Å². The lowest BCUT2D eigenvalue weighted by atomic mass is 10.2. The van der Waals surface area contributed by atoms with Crippen LogP contribution in [0.4, 0.5) is 5.95 Å². The molecule has 0 unspecified atom stereocenters. The van der Waals surface area contributed by atoms with E-state index in [0.717, 1.165) is 11.3 Å². The summed E-state index contributed by atoms with van der Waals surface area (Å²) in [5.74, 6) is -0.662. The summed E-state index contributed by atoms with van der Waals surface area (Å²) in [6.07, 6.45) is 4.91. The lowest BCUT2D eigenvalue weighted by Crippen LogP contribution is -2.14. The summed E-state index contributed by atoms with van der Waals surface area (Å²) in [4.78, 5) is 22.5. The molecule has 17 heavy (non-hydrogen) atoms. The van der Waals surface area contributed by atoms with Gasteiger partial charge in [-0.05, 0) is 18.2 Å². The van der Waals surface area contributed by atoms with E-state index in [1.807, 2.05) is 12.1 Å². The summed E-state index contributed by atoms with van der Waals surface area (Å²) in [7, 11) is 0. The predicted octanol–water partition coefficient (Wildman–Crippen LogP) is 1.04. The van der Waals surface area contributed by atoms with Gasteiger partial charge >= 0.3 is 5.97 Å². The second-order valence-corrected chi connectivity index (χ2v) is 3.25. The van der Waals surface area contributed by atoms with Gasteiger partial charge < -0.3 is 10.4 Å². The summed E-state index contributed by atoms with van der Waals surface area (Å²) < 4.78 is 0. The van der Waals surface area contributed by atoms with Crippen molar-refractivity contribution in [2.45, 2.75) is 0 Å². The first-order chi connectivity index (χ1) is 8.25. The van der Waals surface area contributed by atoms with Crippen molar-refractivity contribution in [1.29, 1.82) is 0 Å². The van der Waals surface area contributed by atoms with Crippen LogP contribution >= 0.6 is 0 Å². The molecule has 86 valence electrons. The number of carboxylic acids is 1. The van der Waals surface area contributed by atoms with Crippen molar-refractivity contribution in [1.82, 2.24) is 15.0 Å². The number of hydrogen-bond acceptors (Lipinski definition) is 5. The van der Waals surface area contributed by atoms with Gasteiger partial charge in [0.2, 0.25) is 5.95 Å². The summed E-state index contributed by atoms with van der Waals surface area (Å²) in [5, 5.41) is 11.2. The molecule has 0 aliphatic rings. The molecule has 0 amide bonds. The molecule has 2 heterocycles. The van der Waals surface area contributed by atoms with E-state index in [0.29, 0.717) is 5.95 Å². The van der Waals surface area contributed by atoms with Crippen LogP contribution in [0.2, 0.25) is 0 Å². The smallest absolute Gasteiger partial charge is 0.322 e. The fourth-order valence-corrected chi connectivity index (χ4v) is 1.28. The molecule has 0 aromatic carbocycles. The molecule has 2 N–H and O–H groups in total. The number of anilines is 1. The van der Waals surface area contributed by atoms with Gasteiger partial charge in [-0.25, -0.2) is 9.97 Å². The van der Waals surface area contributed by atoms with Gasteiger partial charge in [-0.3, -0.25) is 9.78 Å². The van der Waals surface area contributed by atoms with E-state index in [4.69, 9.17) is 5.11 Å². The maximum absolute atomic E-state index is 10.4. The normalized spacial score (nSPS) is 9.88. The second-order valence-electron chi connectivity index (χ2n) is 3.25. The van der Waals surface area contributed by atoms with Crippen LogP contribution in [0.5, 0.6) is 0 Å². The molecule has 2 aromatic rings. The zero-order valence-corrected chi connectivity index (χ0v) is 8.87. The van der Waals surface area contributed by atoms with Crippen LogP contribution in [0.15, 0.2) is 36.8 Å². The fraction of sp³-hybridized carbons (Fsp3) is 0.0909. The molecule has 0 bridgehead atoms. The van der Waals surface area contributed by atoms with Crippen molar-refractivity contribution >= 4 is 11.9 Å². The van der Waals surface area contributed by atoms with E-state index in [1.54, 1.807) is 24.7 Å². The third kappa shape index (κ3) is 2.97. The largest absolute Gasteiger partial charge is 0.480 e.